The molecule has 0 aliphatic rings. The second kappa shape index (κ2) is 6.64. The molecule has 0 aliphatic heterocycles. The van der Waals surface area contributed by atoms with Gasteiger partial charge in [-0.1, -0.05) is 35.3 Å². The fourth-order valence-corrected chi connectivity index (χ4v) is 2.59. The number of hydrogen-bond acceptors (Lipinski definition) is 2. The molecule has 0 atom stereocenters. The fourth-order valence-electron chi connectivity index (χ4n) is 1.60. The number of halogens is 4. The number of nitrogens with two attached hydrogens (primary N) is 1. The Kier molecular flexibility index (Phi) is 5.08. The van der Waals surface area contributed by atoms with Crippen LogP contribution < -0.4 is 10.5 Å². The smallest absolute Gasteiger partial charge is 0.145 e. The highest BCUT2D eigenvalue weighted by molar-refractivity contribution is 9.10. The monoisotopic (exact) mass is 390 g/mol. The summed E-state index contributed by atoms with van der Waals surface area (Å²) < 4.78 is 19.5. The molecular weight excluding hydrogens is 382 g/mol. The predicted molar refractivity (Wildman–Crippen MR) is 85.9 cm³/mol. The Morgan fingerprint density at radius 2 is 1.95 bits per heavy atom. The van der Waals surface area contributed by atoms with E-state index in [2.05, 4.69) is 15.9 Å². The highest BCUT2D eigenvalue weighted by atomic mass is 79.9. The Balaban J connectivity index is 2.17. The normalized spacial score (nSPS) is 10.5. The lowest BCUT2D eigenvalue weighted by Crippen LogP contribution is -2.11. The van der Waals surface area contributed by atoms with Crippen LogP contribution in [0.3, 0.4) is 0 Å². The van der Waals surface area contributed by atoms with E-state index in [9.17, 15) is 4.39 Å². The zero-order valence-corrected chi connectivity index (χ0v) is 13.7. The predicted octanol–water partition coefficient (Wildman–Crippen LogP) is 4.76. The third-order valence-corrected chi connectivity index (χ3v) is 3.98. The van der Waals surface area contributed by atoms with Crippen LogP contribution >= 0.6 is 39.1 Å². The van der Waals surface area contributed by atoms with Gasteiger partial charge >= 0.3 is 0 Å². The molecule has 2 aromatic rings. The number of nitrogen functional groups attached to an aromatic ring is 1. The summed E-state index contributed by atoms with van der Waals surface area (Å²) in [5.74, 6) is -0.302. The molecule has 0 saturated heterocycles. The van der Waals surface area contributed by atoms with E-state index in [0.29, 0.717) is 26.4 Å². The average molecular weight is 392 g/mol. The number of amidine groups is 1. The topological polar surface area (TPSA) is 59.1 Å². The van der Waals surface area contributed by atoms with Crippen LogP contribution in [0.5, 0.6) is 5.75 Å². The van der Waals surface area contributed by atoms with Crippen molar-refractivity contribution < 1.29 is 9.13 Å². The van der Waals surface area contributed by atoms with Gasteiger partial charge < -0.3 is 10.5 Å². The molecule has 0 bridgehead atoms. The maximum absolute atomic E-state index is 13.4. The quantitative estimate of drug-likeness (QED) is 0.448. The largest absolute Gasteiger partial charge is 0.488 e. The van der Waals surface area contributed by atoms with Crippen LogP contribution in [0, 0.1) is 11.2 Å². The van der Waals surface area contributed by atoms with Gasteiger partial charge in [-0.05, 0) is 28.1 Å². The summed E-state index contributed by atoms with van der Waals surface area (Å²) in [6.45, 7) is 0.149. The van der Waals surface area contributed by atoms with Crippen molar-refractivity contribution in [1.82, 2.24) is 0 Å². The summed E-state index contributed by atoms with van der Waals surface area (Å²) >= 11 is 15.0. The molecule has 0 amide bonds. The first-order valence-electron chi connectivity index (χ1n) is 5.78. The van der Waals surface area contributed by atoms with E-state index in [-0.39, 0.29) is 17.5 Å². The van der Waals surface area contributed by atoms with Crippen LogP contribution in [0.25, 0.3) is 0 Å². The van der Waals surface area contributed by atoms with E-state index >= 15 is 0 Å². The highest BCUT2D eigenvalue weighted by Gasteiger charge is 2.10. The van der Waals surface area contributed by atoms with E-state index in [4.69, 9.17) is 39.1 Å². The molecule has 0 fully saturated rings. The molecule has 3 nitrogen and oxygen atoms in total. The van der Waals surface area contributed by atoms with Crippen molar-refractivity contribution in [1.29, 1.82) is 5.41 Å². The second-order valence-corrected chi connectivity index (χ2v) is 5.87. The first kappa shape index (κ1) is 16.1. The van der Waals surface area contributed by atoms with E-state index in [1.165, 1.54) is 12.1 Å². The Morgan fingerprint density at radius 3 is 2.57 bits per heavy atom. The van der Waals surface area contributed by atoms with E-state index < -0.39 is 5.82 Å². The van der Waals surface area contributed by atoms with Gasteiger partial charge in [0.05, 0.1) is 9.50 Å². The molecule has 0 radical (unpaired) electrons. The lowest BCUT2D eigenvalue weighted by Gasteiger charge is -2.11. The molecule has 2 rings (SSSR count). The molecule has 110 valence electrons. The minimum atomic E-state index is -0.562. The van der Waals surface area contributed by atoms with Crippen LogP contribution in [0.15, 0.2) is 34.8 Å². The lowest BCUT2D eigenvalue weighted by atomic mass is 10.1. The summed E-state index contributed by atoms with van der Waals surface area (Å²) in [7, 11) is 0. The third-order valence-electron chi connectivity index (χ3n) is 2.72. The summed E-state index contributed by atoms with van der Waals surface area (Å²) in [4.78, 5) is 0. The maximum atomic E-state index is 13.4. The van der Waals surface area contributed by atoms with Crippen LogP contribution in [0.2, 0.25) is 10.0 Å². The molecule has 0 spiro atoms. The van der Waals surface area contributed by atoms with Gasteiger partial charge in [0, 0.05) is 22.2 Å². The van der Waals surface area contributed by atoms with Gasteiger partial charge in [0.1, 0.15) is 24.0 Å². The van der Waals surface area contributed by atoms with Gasteiger partial charge in [0.15, 0.2) is 0 Å². The highest BCUT2D eigenvalue weighted by Crippen LogP contribution is 2.31. The summed E-state index contributed by atoms with van der Waals surface area (Å²) in [5, 5.41) is 7.77. The standard InChI is InChI=1S/C14H10BrCl2FN2O/c15-9-4-11(17)12(18)5-13(9)21-6-8-2-1-7(14(19)20)3-10(8)16/h1-5H,6H2,(H3,19,20). The first-order valence-corrected chi connectivity index (χ1v) is 7.33. The Hall–Kier alpha value is -1.30. The molecule has 0 saturated carbocycles. The Bertz CT molecular complexity index is 710. The van der Waals surface area contributed by atoms with Crippen molar-refractivity contribution in [2.24, 2.45) is 5.73 Å². The molecule has 7 heteroatoms. The number of benzene rings is 2. The second-order valence-electron chi connectivity index (χ2n) is 4.21. The van der Waals surface area contributed by atoms with E-state index in [1.807, 2.05) is 0 Å². The molecule has 2 aromatic carbocycles. The fraction of sp³-hybridized carbons (Fsp3) is 0.0714. The molecule has 21 heavy (non-hydrogen) atoms. The van der Waals surface area contributed by atoms with Crippen molar-refractivity contribution in [3.05, 3.63) is 61.8 Å². The number of rotatable bonds is 4. The lowest BCUT2D eigenvalue weighted by molar-refractivity contribution is 0.302. The summed E-state index contributed by atoms with van der Waals surface area (Å²) in [6, 6.07) is 7.58. The number of ether oxygens (including phenoxy) is 1. The Labute approximate surface area is 139 Å². The SMILES string of the molecule is N=C(N)c1ccc(COc2cc(F)c(Cl)cc2Br)c(Cl)c1. The number of nitrogens with one attached hydrogen (secondary N) is 1. The minimum Gasteiger partial charge on any atom is -0.488 e. The van der Waals surface area contributed by atoms with Crippen molar-refractivity contribution in [2.75, 3.05) is 0 Å². The Morgan fingerprint density at radius 1 is 1.24 bits per heavy atom. The molecule has 0 unspecified atom stereocenters. The van der Waals surface area contributed by atoms with Crippen LogP contribution in [0.1, 0.15) is 11.1 Å². The van der Waals surface area contributed by atoms with Crippen LogP contribution in [-0.2, 0) is 6.61 Å². The first-order chi connectivity index (χ1) is 9.88. The van der Waals surface area contributed by atoms with Crippen molar-refractivity contribution >= 4 is 45.0 Å². The van der Waals surface area contributed by atoms with Crippen molar-refractivity contribution in [2.45, 2.75) is 6.61 Å². The third kappa shape index (κ3) is 3.87. The van der Waals surface area contributed by atoms with Gasteiger partial charge in [-0.2, -0.15) is 0 Å². The van der Waals surface area contributed by atoms with Gasteiger partial charge in [-0.3, -0.25) is 5.41 Å². The maximum Gasteiger partial charge on any atom is 0.145 e. The van der Waals surface area contributed by atoms with Gasteiger partial charge in [0.25, 0.3) is 0 Å². The van der Waals surface area contributed by atoms with E-state index in [0.717, 1.165) is 0 Å². The minimum absolute atomic E-state index is 0.0121. The molecule has 3 N–H and O–H groups in total. The molecule has 0 aliphatic carbocycles. The van der Waals surface area contributed by atoms with Crippen molar-refractivity contribution in [3.63, 3.8) is 0 Å². The average Bonchev–Trinajstić information content (AvgIpc) is 2.42. The zero-order chi connectivity index (χ0) is 15.6. The van der Waals surface area contributed by atoms with Crippen LogP contribution in [0.4, 0.5) is 4.39 Å². The zero-order valence-electron chi connectivity index (χ0n) is 10.6. The van der Waals surface area contributed by atoms with Gasteiger partial charge in [0.2, 0.25) is 0 Å². The molecule has 0 aromatic heterocycles. The molecular formula is C14H10BrCl2FN2O. The van der Waals surface area contributed by atoms with Crippen LogP contribution in [-0.4, -0.2) is 5.84 Å². The summed E-state index contributed by atoms with van der Waals surface area (Å²) in [6.07, 6.45) is 0. The van der Waals surface area contributed by atoms with Gasteiger partial charge in [-0.15, -0.1) is 0 Å². The van der Waals surface area contributed by atoms with Crippen molar-refractivity contribution in [3.8, 4) is 5.75 Å². The van der Waals surface area contributed by atoms with E-state index in [1.54, 1.807) is 18.2 Å². The summed E-state index contributed by atoms with van der Waals surface area (Å²) in [5.41, 5.74) is 6.61. The molecule has 0 heterocycles. The van der Waals surface area contributed by atoms with Gasteiger partial charge in [-0.25, -0.2) is 4.39 Å². The number of hydrogen-bond donors (Lipinski definition) is 2.